The molecule has 1 aliphatic carbocycles. The maximum absolute atomic E-state index is 12.5. The zero-order chi connectivity index (χ0) is 18.5. The lowest BCUT2D eigenvalue weighted by Crippen LogP contribution is -2.32. The second-order valence-electron chi connectivity index (χ2n) is 6.17. The van der Waals surface area contributed by atoms with Crippen LogP contribution >= 0.6 is 0 Å². The number of fused-ring (bicyclic) bond motifs is 1. The monoisotopic (exact) mass is 352 g/mol. The van der Waals surface area contributed by atoms with Gasteiger partial charge < -0.3 is 9.64 Å². The van der Waals surface area contributed by atoms with Crippen LogP contribution in [-0.2, 0) is 22.4 Å². The average molecular weight is 352 g/mol. The number of esters is 1. The Kier molecular flexibility index (Phi) is 5.32. The number of carbonyl (C=O) groups is 2. The molecule has 26 heavy (non-hydrogen) atoms. The fourth-order valence-electron chi connectivity index (χ4n) is 3.03. The van der Waals surface area contributed by atoms with Gasteiger partial charge in [0.05, 0.1) is 18.2 Å². The third kappa shape index (κ3) is 3.59. The lowest BCUT2D eigenvalue weighted by molar-refractivity contribution is -0.133. The van der Waals surface area contributed by atoms with Crippen molar-refractivity contribution in [2.24, 2.45) is 0 Å². The number of carbonyl (C=O) groups excluding carboxylic acids is 2. The van der Waals surface area contributed by atoms with E-state index in [0.29, 0.717) is 6.54 Å². The summed E-state index contributed by atoms with van der Waals surface area (Å²) in [5.41, 5.74) is 3.12. The molecule has 0 fully saturated rings. The summed E-state index contributed by atoms with van der Waals surface area (Å²) in [6.07, 6.45) is 2.85. The van der Waals surface area contributed by atoms with Crippen LogP contribution in [0.15, 0.2) is 30.3 Å². The molecule has 0 saturated carbocycles. The summed E-state index contributed by atoms with van der Waals surface area (Å²) in [6, 6.07) is 11.6. The maximum atomic E-state index is 12.5. The van der Waals surface area contributed by atoms with Crippen LogP contribution in [0.3, 0.4) is 0 Å². The average Bonchev–Trinajstić information content (AvgIpc) is 3.27. The number of aromatic nitrogens is 2. The molecule has 0 atom stereocenters. The van der Waals surface area contributed by atoms with E-state index < -0.39 is 5.97 Å². The zero-order valence-electron chi connectivity index (χ0n) is 14.6. The first kappa shape index (κ1) is 17.7. The van der Waals surface area contributed by atoms with Gasteiger partial charge in [-0.1, -0.05) is 18.2 Å². The number of nitrogens with zero attached hydrogens (tertiary/aromatic N) is 4. The number of hydrogen-bond acceptors (Lipinski definition) is 5. The van der Waals surface area contributed by atoms with E-state index in [2.05, 4.69) is 5.10 Å². The van der Waals surface area contributed by atoms with Crippen molar-refractivity contribution in [3.8, 4) is 11.8 Å². The van der Waals surface area contributed by atoms with Gasteiger partial charge in [-0.05, 0) is 31.4 Å². The van der Waals surface area contributed by atoms with Gasteiger partial charge in [-0.25, -0.2) is 9.48 Å². The Labute approximate surface area is 151 Å². The number of para-hydroxylation sites is 1. The lowest BCUT2D eigenvalue weighted by atomic mass is 10.2. The van der Waals surface area contributed by atoms with Gasteiger partial charge in [0.2, 0.25) is 0 Å². The Morgan fingerprint density at radius 3 is 2.81 bits per heavy atom. The van der Waals surface area contributed by atoms with Crippen molar-refractivity contribution in [3.05, 3.63) is 47.3 Å². The van der Waals surface area contributed by atoms with Gasteiger partial charge in [-0.15, -0.1) is 0 Å². The summed E-state index contributed by atoms with van der Waals surface area (Å²) in [5.74, 6) is -0.924. The fraction of sp³-hybridized carbons (Fsp3) is 0.368. The number of amides is 1. The van der Waals surface area contributed by atoms with E-state index in [0.717, 1.165) is 36.2 Å². The SMILES string of the molecule is CN(CCC#N)C(=O)COC(=O)c1nn(-c2ccccc2)c2c1CCC2. The zero-order valence-corrected chi connectivity index (χ0v) is 14.6. The van der Waals surface area contributed by atoms with Gasteiger partial charge in [0.15, 0.2) is 12.3 Å². The Balaban J connectivity index is 1.73. The number of likely N-dealkylation sites (N-methyl/N-ethyl adjacent to an activating group) is 1. The Morgan fingerprint density at radius 2 is 2.08 bits per heavy atom. The molecule has 2 aromatic rings. The molecular formula is C19H20N4O3. The number of hydrogen-bond donors (Lipinski definition) is 0. The summed E-state index contributed by atoms with van der Waals surface area (Å²) in [5, 5.41) is 13.0. The molecule has 134 valence electrons. The van der Waals surface area contributed by atoms with Crippen LogP contribution in [0.25, 0.3) is 5.69 Å². The van der Waals surface area contributed by atoms with Crippen molar-refractivity contribution in [3.63, 3.8) is 0 Å². The molecule has 7 heteroatoms. The molecule has 1 aliphatic rings. The Bertz CT molecular complexity index is 852. The van der Waals surface area contributed by atoms with Crippen molar-refractivity contribution in [1.29, 1.82) is 5.26 Å². The van der Waals surface area contributed by atoms with Crippen molar-refractivity contribution in [2.75, 3.05) is 20.2 Å². The molecule has 1 aromatic carbocycles. The molecule has 7 nitrogen and oxygen atoms in total. The van der Waals surface area contributed by atoms with Crippen molar-refractivity contribution >= 4 is 11.9 Å². The smallest absolute Gasteiger partial charge is 0.359 e. The lowest BCUT2D eigenvalue weighted by Gasteiger charge is -2.14. The van der Waals surface area contributed by atoms with E-state index in [-0.39, 0.29) is 24.6 Å². The van der Waals surface area contributed by atoms with E-state index in [1.54, 1.807) is 11.7 Å². The van der Waals surface area contributed by atoms with Crippen LogP contribution in [-0.4, -0.2) is 46.8 Å². The first-order valence-electron chi connectivity index (χ1n) is 8.56. The molecule has 0 bridgehead atoms. The van der Waals surface area contributed by atoms with Crippen molar-refractivity contribution in [2.45, 2.75) is 25.7 Å². The van der Waals surface area contributed by atoms with Gasteiger partial charge in [-0.2, -0.15) is 10.4 Å². The van der Waals surface area contributed by atoms with Crippen LogP contribution in [0.5, 0.6) is 0 Å². The van der Waals surface area contributed by atoms with E-state index in [4.69, 9.17) is 10.00 Å². The molecule has 3 rings (SSSR count). The van der Waals surface area contributed by atoms with Crippen LogP contribution in [0.4, 0.5) is 0 Å². The van der Waals surface area contributed by atoms with Crippen LogP contribution in [0, 0.1) is 11.3 Å². The molecule has 1 heterocycles. The second-order valence-corrected chi connectivity index (χ2v) is 6.17. The maximum Gasteiger partial charge on any atom is 0.359 e. The summed E-state index contributed by atoms with van der Waals surface area (Å²) in [6.45, 7) is -0.0430. The minimum Gasteiger partial charge on any atom is -0.451 e. The predicted molar refractivity (Wildman–Crippen MR) is 93.7 cm³/mol. The fourth-order valence-corrected chi connectivity index (χ4v) is 3.03. The highest BCUT2D eigenvalue weighted by Gasteiger charge is 2.28. The molecule has 0 spiro atoms. The quantitative estimate of drug-likeness (QED) is 0.741. The predicted octanol–water partition coefficient (Wildman–Crippen LogP) is 1.89. The summed E-state index contributed by atoms with van der Waals surface area (Å²) in [4.78, 5) is 25.8. The van der Waals surface area contributed by atoms with E-state index in [1.807, 2.05) is 36.4 Å². The van der Waals surface area contributed by atoms with E-state index in [1.165, 1.54) is 4.90 Å². The first-order valence-corrected chi connectivity index (χ1v) is 8.56. The molecule has 0 aliphatic heterocycles. The highest BCUT2D eigenvalue weighted by Crippen LogP contribution is 2.28. The van der Waals surface area contributed by atoms with Crippen molar-refractivity contribution < 1.29 is 14.3 Å². The summed E-state index contributed by atoms with van der Waals surface area (Å²) in [7, 11) is 1.58. The van der Waals surface area contributed by atoms with Crippen LogP contribution in [0.1, 0.15) is 34.6 Å². The minimum absolute atomic E-state index is 0.241. The van der Waals surface area contributed by atoms with Crippen LogP contribution < -0.4 is 0 Å². The number of benzene rings is 1. The molecular weight excluding hydrogens is 332 g/mol. The molecule has 1 aromatic heterocycles. The van der Waals surface area contributed by atoms with Crippen molar-refractivity contribution in [1.82, 2.24) is 14.7 Å². The second kappa shape index (κ2) is 7.83. The minimum atomic E-state index is -0.583. The number of rotatable bonds is 6. The van der Waals surface area contributed by atoms with E-state index >= 15 is 0 Å². The number of ether oxygens (including phenoxy) is 1. The third-order valence-electron chi connectivity index (χ3n) is 4.44. The summed E-state index contributed by atoms with van der Waals surface area (Å²) >= 11 is 0. The molecule has 1 amide bonds. The normalized spacial score (nSPS) is 12.3. The molecule has 0 radical (unpaired) electrons. The molecule has 0 saturated heterocycles. The largest absolute Gasteiger partial charge is 0.451 e. The topological polar surface area (TPSA) is 88.2 Å². The molecule has 0 N–H and O–H groups in total. The van der Waals surface area contributed by atoms with Crippen LogP contribution in [0.2, 0.25) is 0 Å². The van der Waals surface area contributed by atoms with Gasteiger partial charge in [0.25, 0.3) is 5.91 Å². The standard InChI is InChI=1S/C19H20N4O3/c1-22(12-6-11-20)17(24)13-26-19(25)18-15-9-5-10-16(15)23(21-18)14-7-3-2-4-8-14/h2-4,7-8H,5-6,9-10,12-13H2,1H3. The third-order valence-corrected chi connectivity index (χ3v) is 4.44. The molecule has 0 unspecified atom stereocenters. The van der Waals surface area contributed by atoms with Gasteiger partial charge in [-0.3, -0.25) is 4.79 Å². The summed E-state index contributed by atoms with van der Waals surface area (Å²) < 4.78 is 6.97. The van der Waals surface area contributed by atoms with E-state index in [9.17, 15) is 9.59 Å². The Morgan fingerprint density at radius 1 is 1.31 bits per heavy atom. The highest BCUT2D eigenvalue weighted by molar-refractivity contribution is 5.91. The first-order chi connectivity index (χ1) is 12.6. The van der Waals surface area contributed by atoms with Gasteiger partial charge in [0.1, 0.15) is 0 Å². The van der Waals surface area contributed by atoms with Gasteiger partial charge in [0, 0.05) is 24.8 Å². The Hall–Kier alpha value is -3.14. The highest BCUT2D eigenvalue weighted by atomic mass is 16.5. The van der Waals surface area contributed by atoms with Gasteiger partial charge >= 0.3 is 5.97 Å². The number of nitriles is 1.